The lowest BCUT2D eigenvalue weighted by molar-refractivity contribution is 0.106. The Morgan fingerprint density at radius 2 is 1.90 bits per heavy atom. The summed E-state index contributed by atoms with van der Waals surface area (Å²) in [6, 6.07) is 10.3. The van der Waals surface area contributed by atoms with Crippen LogP contribution in [0.1, 0.15) is 5.56 Å². The third-order valence-corrected chi connectivity index (χ3v) is 3.80. The predicted molar refractivity (Wildman–Crippen MR) is 83.4 cm³/mol. The average Bonchev–Trinajstić information content (AvgIpc) is 2.54. The van der Waals surface area contributed by atoms with Crippen molar-refractivity contribution >= 4 is 6.03 Å². The zero-order chi connectivity index (χ0) is 14.9. The van der Waals surface area contributed by atoms with E-state index in [0.29, 0.717) is 6.54 Å². The minimum atomic E-state index is 0.0531. The Balaban J connectivity index is 1.63. The summed E-state index contributed by atoms with van der Waals surface area (Å²) in [4.78, 5) is 16.3. The fourth-order valence-electron chi connectivity index (χ4n) is 2.47. The van der Waals surface area contributed by atoms with Crippen molar-refractivity contribution < 1.29 is 9.53 Å². The predicted octanol–water partition coefficient (Wildman–Crippen LogP) is 1.20. The van der Waals surface area contributed by atoms with Crippen LogP contribution in [-0.2, 0) is 11.2 Å². The van der Waals surface area contributed by atoms with Gasteiger partial charge in [0.15, 0.2) is 0 Å². The van der Waals surface area contributed by atoms with Gasteiger partial charge in [-0.15, -0.1) is 0 Å². The molecule has 21 heavy (non-hydrogen) atoms. The summed E-state index contributed by atoms with van der Waals surface area (Å²) in [6.07, 6.45) is 0.875. The Morgan fingerprint density at radius 1 is 1.19 bits per heavy atom. The molecule has 1 fully saturated rings. The number of carbonyl (C=O) groups excluding carboxylic acids is 1. The van der Waals surface area contributed by atoms with Crippen LogP contribution in [0.3, 0.4) is 0 Å². The van der Waals surface area contributed by atoms with Crippen LogP contribution in [-0.4, -0.2) is 68.8 Å². The van der Waals surface area contributed by atoms with Gasteiger partial charge in [-0.25, -0.2) is 4.79 Å². The third-order valence-electron chi connectivity index (χ3n) is 3.80. The monoisotopic (exact) mass is 291 g/mol. The maximum Gasteiger partial charge on any atom is 0.317 e. The number of nitrogens with zero attached hydrogens (tertiary/aromatic N) is 2. The van der Waals surface area contributed by atoms with E-state index in [1.54, 1.807) is 7.11 Å². The molecule has 0 aromatic heterocycles. The van der Waals surface area contributed by atoms with Crippen LogP contribution >= 0.6 is 0 Å². The van der Waals surface area contributed by atoms with Crippen molar-refractivity contribution in [2.45, 2.75) is 6.42 Å². The van der Waals surface area contributed by atoms with Crippen molar-refractivity contribution in [2.75, 3.05) is 53.0 Å². The van der Waals surface area contributed by atoms with Crippen LogP contribution in [0.4, 0.5) is 4.79 Å². The molecule has 1 aliphatic rings. The summed E-state index contributed by atoms with van der Waals surface area (Å²) in [6.45, 7) is 5.82. The molecule has 1 aromatic carbocycles. The number of carbonyl (C=O) groups is 1. The van der Waals surface area contributed by atoms with Crippen molar-refractivity contribution in [3.05, 3.63) is 35.9 Å². The van der Waals surface area contributed by atoms with Gasteiger partial charge in [0.2, 0.25) is 0 Å². The molecule has 2 rings (SSSR count). The van der Waals surface area contributed by atoms with Gasteiger partial charge in [-0.1, -0.05) is 30.3 Å². The fourth-order valence-corrected chi connectivity index (χ4v) is 2.47. The Morgan fingerprint density at radius 3 is 2.57 bits per heavy atom. The molecule has 1 heterocycles. The number of rotatable bonds is 6. The highest BCUT2D eigenvalue weighted by molar-refractivity contribution is 5.74. The van der Waals surface area contributed by atoms with E-state index in [1.807, 2.05) is 23.1 Å². The molecule has 0 aliphatic carbocycles. The Labute approximate surface area is 126 Å². The first-order valence-electron chi connectivity index (χ1n) is 7.57. The summed E-state index contributed by atoms with van der Waals surface area (Å²) in [7, 11) is 1.72. The van der Waals surface area contributed by atoms with Gasteiger partial charge in [0.25, 0.3) is 0 Å². The first kappa shape index (κ1) is 15.8. The third kappa shape index (κ3) is 5.36. The molecular weight excluding hydrogens is 266 g/mol. The molecule has 5 nitrogen and oxygen atoms in total. The summed E-state index contributed by atoms with van der Waals surface area (Å²) < 4.78 is 5.08. The maximum atomic E-state index is 12.1. The second kappa shape index (κ2) is 8.64. The molecule has 116 valence electrons. The van der Waals surface area contributed by atoms with Crippen molar-refractivity contribution in [1.82, 2.24) is 15.1 Å². The van der Waals surface area contributed by atoms with Crippen LogP contribution in [0.25, 0.3) is 0 Å². The molecular formula is C16H25N3O2. The quantitative estimate of drug-likeness (QED) is 0.856. The maximum absolute atomic E-state index is 12.1. The number of hydrogen-bond acceptors (Lipinski definition) is 3. The molecule has 0 atom stereocenters. The summed E-state index contributed by atoms with van der Waals surface area (Å²) >= 11 is 0. The second-order valence-electron chi connectivity index (χ2n) is 5.29. The van der Waals surface area contributed by atoms with E-state index in [1.165, 1.54) is 5.56 Å². The van der Waals surface area contributed by atoms with Crippen LogP contribution in [0, 0.1) is 0 Å². The summed E-state index contributed by atoms with van der Waals surface area (Å²) in [5.41, 5.74) is 1.25. The van der Waals surface area contributed by atoms with Crippen LogP contribution in [0.15, 0.2) is 30.3 Å². The van der Waals surface area contributed by atoms with E-state index in [-0.39, 0.29) is 6.03 Å². The van der Waals surface area contributed by atoms with E-state index in [0.717, 1.165) is 45.8 Å². The molecule has 2 amide bonds. The fraction of sp³-hybridized carbons (Fsp3) is 0.562. The number of amides is 2. The largest absolute Gasteiger partial charge is 0.383 e. The summed E-state index contributed by atoms with van der Waals surface area (Å²) in [5, 5.41) is 3.00. The van der Waals surface area contributed by atoms with E-state index in [2.05, 4.69) is 22.3 Å². The molecule has 0 radical (unpaired) electrons. The molecule has 0 saturated carbocycles. The number of urea groups is 1. The lowest BCUT2D eigenvalue weighted by Gasteiger charge is -2.34. The average molecular weight is 291 g/mol. The Bertz CT molecular complexity index is 417. The molecule has 1 aromatic rings. The van der Waals surface area contributed by atoms with Gasteiger partial charge in [0, 0.05) is 46.4 Å². The van der Waals surface area contributed by atoms with Crippen LogP contribution in [0.5, 0.6) is 0 Å². The number of methoxy groups -OCH3 is 1. The minimum absolute atomic E-state index is 0.0531. The standard InChI is InChI=1S/C16H25N3O2/c1-21-14-13-18-9-11-19(12-10-18)16(20)17-8-7-15-5-3-2-4-6-15/h2-6H,7-14H2,1H3,(H,17,20). The van der Waals surface area contributed by atoms with Crippen LogP contribution < -0.4 is 5.32 Å². The van der Waals surface area contributed by atoms with Crippen molar-refractivity contribution in [3.8, 4) is 0 Å². The highest BCUT2D eigenvalue weighted by Gasteiger charge is 2.20. The van der Waals surface area contributed by atoms with Gasteiger partial charge < -0.3 is 15.0 Å². The highest BCUT2D eigenvalue weighted by atomic mass is 16.5. The number of ether oxygens (including phenoxy) is 1. The van der Waals surface area contributed by atoms with E-state index in [4.69, 9.17) is 4.74 Å². The number of benzene rings is 1. The van der Waals surface area contributed by atoms with Gasteiger partial charge in [0.1, 0.15) is 0 Å². The lowest BCUT2D eigenvalue weighted by Crippen LogP contribution is -2.52. The topological polar surface area (TPSA) is 44.8 Å². The van der Waals surface area contributed by atoms with Gasteiger partial charge in [-0.2, -0.15) is 0 Å². The van der Waals surface area contributed by atoms with Gasteiger partial charge >= 0.3 is 6.03 Å². The van der Waals surface area contributed by atoms with E-state index in [9.17, 15) is 4.79 Å². The van der Waals surface area contributed by atoms with Crippen molar-refractivity contribution in [3.63, 3.8) is 0 Å². The van der Waals surface area contributed by atoms with E-state index < -0.39 is 0 Å². The molecule has 1 aliphatic heterocycles. The zero-order valence-corrected chi connectivity index (χ0v) is 12.8. The Hall–Kier alpha value is -1.59. The zero-order valence-electron chi connectivity index (χ0n) is 12.8. The highest BCUT2D eigenvalue weighted by Crippen LogP contribution is 2.02. The molecule has 0 bridgehead atoms. The number of nitrogens with one attached hydrogen (secondary N) is 1. The molecule has 0 unspecified atom stereocenters. The molecule has 5 heteroatoms. The Kier molecular flexibility index (Phi) is 6.50. The second-order valence-corrected chi connectivity index (χ2v) is 5.29. The van der Waals surface area contributed by atoms with Crippen molar-refractivity contribution in [1.29, 1.82) is 0 Å². The van der Waals surface area contributed by atoms with E-state index >= 15 is 0 Å². The molecule has 0 spiro atoms. The number of piperazine rings is 1. The van der Waals surface area contributed by atoms with Crippen LogP contribution in [0.2, 0.25) is 0 Å². The smallest absolute Gasteiger partial charge is 0.317 e. The summed E-state index contributed by atoms with van der Waals surface area (Å²) in [5.74, 6) is 0. The number of hydrogen-bond donors (Lipinski definition) is 1. The van der Waals surface area contributed by atoms with Gasteiger partial charge in [0.05, 0.1) is 6.61 Å². The SMILES string of the molecule is COCCN1CCN(C(=O)NCCc2ccccc2)CC1. The first-order chi connectivity index (χ1) is 10.3. The van der Waals surface area contributed by atoms with Crippen molar-refractivity contribution in [2.24, 2.45) is 0 Å². The van der Waals surface area contributed by atoms with Gasteiger partial charge in [-0.3, -0.25) is 4.90 Å². The molecule has 1 N–H and O–H groups in total. The van der Waals surface area contributed by atoms with Gasteiger partial charge in [-0.05, 0) is 12.0 Å². The minimum Gasteiger partial charge on any atom is -0.383 e. The molecule has 1 saturated heterocycles. The normalized spacial score (nSPS) is 16.0. The first-order valence-corrected chi connectivity index (χ1v) is 7.57. The lowest BCUT2D eigenvalue weighted by atomic mass is 10.1.